The van der Waals surface area contributed by atoms with Crippen LogP contribution in [0.2, 0.25) is 0 Å². The maximum absolute atomic E-state index is 13.8. The van der Waals surface area contributed by atoms with Gasteiger partial charge in [-0.3, -0.25) is 19.5 Å². The third kappa shape index (κ3) is 8.39. The Morgan fingerprint density at radius 2 is 1.80 bits per heavy atom. The van der Waals surface area contributed by atoms with E-state index in [1.54, 1.807) is 44.2 Å². The molecular weight excluding hydrogens is 559 g/mol. The van der Waals surface area contributed by atoms with Gasteiger partial charge >= 0.3 is 5.69 Å². The predicted molar refractivity (Wildman–Crippen MR) is 148 cm³/mol. The minimum atomic E-state index is -4.20. The number of amides is 1. The van der Waals surface area contributed by atoms with Crippen molar-refractivity contribution in [1.29, 1.82) is 0 Å². The van der Waals surface area contributed by atoms with Gasteiger partial charge in [0.25, 0.3) is 5.69 Å². The van der Waals surface area contributed by atoms with Crippen molar-refractivity contribution in [1.82, 2.24) is 19.2 Å². The Morgan fingerprint density at radius 3 is 2.39 bits per heavy atom. The zero-order valence-electron chi connectivity index (χ0n) is 22.4. The Labute approximate surface area is 235 Å². The first kappa shape index (κ1) is 31.3. The number of aliphatic hydroxyl groups excluding tert-OH is 1. The molecule has 1 heterocycles. The van der Waals surface area contributed by atoms with Crippen molar-refractivity contribution >= 4 is 27.4 Å². The molecule has 0 fully saturated rings. The van der Waals surface area contributed by atoms with Crippen LogP contribution in [0.15, 0.2) is 70.5 Å². The van der Waals surface area contributed by atoms with E-state index in [-0.39, 0.29) is 29.5 Å². The first-order valence-electron chi connectivity index (χ1n) is 12.6. The molecule has 1 amide bonds. The van der Waals surface area contributed by atoms with E-state index in [2.05, 4.69) is 10.3 Å². The smallest absolute Gasteiger partial charge is 0.350 e. The number of nitrogen functional groups attached to an aromatic ring is 1. The number of aromatic nitrogens is 2. The van der Waals surface area contributed by atoms with Crippen molar-refractivity contribution in [3.8, 4) is 0 Å². The lowest BCUT2D eigenvalue weighted by Crippen LogP contribution is -2.52. The number of nitro groups is 1. The number of carbonyl (C=O) groups is 1. The molecule has 2 atom stereocenters. The molecule has 0 spiro atoms. The maximum Gasteiger partial charge on any atom is 0.350 e. The zero-order chi connectivity index (χ0) is 30.3. The van der Waals surface area contributed by atoms with Crippen LogP contribution >= 0.6 is 0 Å². The summed E-state index contributed by atoms with van der Waals surface area (Å²) in [6.07, 6.45) is -0.582. The number of anilines is 1. The number of hydrogen-bond donors (Lipinski definition) is 3. The van der Waals surface area contributed by atoms with Crippen LogP contribution in [0.3, 0.4) is 0 Å². The normalized spacial score (nSPS) is 13.2. The molecule has 13 nitrogen and oxygen atoms in total. The molecule has 15 heteroatoms. The second-order valence-electron chi connectivity index (χ2n) is 9.78. The molecule has 1 aromatic heterocycles. The molecular formula is C26H31FN6O7S. The van der Waals surface area contributed by atoms with Crippen molar-refractivity contribution < 1.29 is 27.6 Å². The highest BCUT2D eigenvalue weighted by molar-refractivity contribution is 7.89. The number of hydrogen-bond acceptors (Lipinski definition) is 9. The average Bonchev–Trinajstić information content (AvgIpc) is 2.91. The highest BCUT2D eigenvalue weighted by Gasteiger charge is 2.31. The Morgan fingerprint density at radius 1 is 1.17 bits per heavy atom. The quantitative estimate of drug-likeness (QED) is 0.195. The lowest BCUT2D eigenvalue weighted by molar-refractivity contribution is -0.384. The Balaban J connectivity index is 1.87. The lowest BCUT2D eigenvalue weighted by atomic mass is 10.0. The van der Waals surface area contributed by atoms with Gasteiger partial charge in [-0.25, -0.2) is 17.6 Å². The Bertz CT molecular complexity index is 1530. The number of non-ortho nitro benzene ring substituents is 1. The van der Waals surface area contributed by atoms with Gasteiger partial charge in [0.1, 0.15) is 6.54 Å². The summed E-state index contributed by atoms with van der Waals surface area (Å²) in [5.74, 6) is -2.51. The van der Waals surface area contributed by atoms with E-state index >= 15 is 0 Å². The summed E-state index contributed by atoms with van der Waals surface area (Å²) in [5.41, 5.74) is 4.79. The number of carbonyl (C=O) groups excluding carboxylic acids is 1. The van der Waals surface area contributed by atoms with Crippen LogP contribution in [-0.4, -0.2) is 63.4 Å². The van der Waals surface area contributed by atoms with Crippen LogP contribution in [0.4, 0.5) is 15.9 Å². The van der Waals surface area contributed by atoms with Crippen molar-refractivity contribution in [2.75, 3.05) is 18.8 Å². The molecule has 0 aliphatic heterocycles. The number of rotatable bonds is 13. The second kappa shape index (κ2) is 13.4. The summed E-state index contributed by atoms with van der Waals surface area (Å²) in [4.78, 5) is 38.4. The molecule has 3 rings (SSSR count). The van der Waals surface area contributed by atoms with Crippen LogP contribution < -0.4 is 16.7 Å². The van der Waals surface area contributed by atoms with Crippen molar-refractivity contribution in [2.24, 2.45) is 5.92 Å². The van der Waals surface area contributed by atoms with Crippen molar-refractivity contribution in [3.05, 3.63) is 92.8 Å². The van der Waals surface area contributed by atoms with Crippen molar-refractivity contribution in [2.45, 2.75) is 43.9 Å². The summed E-state index contributed by atoms with van der Waals surface area (Å²) in [7, 11) is -4.20. The molecule has 41 heavy (non-hydrogen) atoms. The minimum absolute atomic E-state index is 0.00810. The minimum Gasteiger partial charge on any atom is -0.390 e. The topological polar surface area (TPSA) is 191 Å². The van der Waals surface area contributed by atoms with Gasteiger partial charge in [-0.15, -0.1) is 0 Å². The number of nitro benzene ring substituents is 1. The number of nitrogens with one attached hydrogen (secondary N) is 1. The number of sulfonamides is 1. The van der Waals surface area contributed by atoms with Gasteiger partial charge in [-0.1, -0.05) is 44.2 Å². The van der Waals surface area contributed by atoms with Gasteiger partial charge in [0.15, 0.2) is 11.6 Å². The Hall–Kier alpha value is -4.21. The van der Waals surface area contributed by atoms with Crippen LogP contribution in [0, 0.1) is 21.8 Å². The van der Waals surface area contributed by atoms with E-state index in [1.807, 2.05) is 0 Å². The van der Waals surface area contributed by atoms with Gasteiger partial charge in [-0.05, 0) is 30.0 Å². The van der Waals surface area contributed by atoms with E-state index in [1.165, 1.54) is 0 Å². The molecule has 0 aliphatic carbocycles. The molecule has 0 saturated carbocycles. The lowest BCUT2D eigenvalue weighted by Gasteiger charge is -2.30. The van der Waals surface area contributed by atoms with Crippen LogP contribution in [0.25, 0.3) is 0 Å². The van der Waals surface area contributed by atoms with Crippen LogP contribution in [0.1, 0.15) is 19.4 Å². The van der Waals surface area contributed by atoms with Gasteiger partial charge in [-0.2, -0.15) is 9.29 Å². The van der Waals surface area contributed by atoms with E-state index in [0.29, 0.717) is 0 Å². The number of aliphatic hydroxyl groups is 1. The SMILES string of the molecule is CC(C)CN(C[C@@H](O)[C@H](Cc1ccccc1)NC(=O)Cn1cc(F)c(N)nc1=O)S(=O)(=O)c1ccc([N+](=O)[O-])cc1. The molecule has 4 N–H and O–H groups in total. The van der Waals surface area contributed by atoms with Gasteiger partial charge < -0.3 is 16.2 Å². The fourth-order valence-electron chi connectivity index (χ4n) is 4.05. The average molecular weight is 591 g/mol. The van der Waals surface area contributed by atoms with Crippen LogP contribution in [0.5, 0.6) is 0 Å². The standard InChI is InChI=1S/C26H31FN6O7S/c1-17(2)13-32(41(39,40)20-10-8-19(9-11-20)33(37)38)15-23(34)22(12-18-6-4-3-5-7-18)29-24(35)16-31-14-21(27)25(28)30-26(31)36/h3-11,14,17,22-23,34H,12-13,15-16H2,1-2H3,(H,29,35)(H2,28,30,36)/t22-,23+/m0/s1. The molecule has 0 bridgehead atoms. The molecule has 0 aliphatic rings. The summed E-state index contributed by atoms with van der Waals surface area (Å²) in [6.45, 7) is 2.52. The molecule has 0 radical (unpaired) electrons. The second-order valence-corrected chi connectivity index (χ2v) is 11.7. The van der Waals surface area contributed by atoms with Crippen molar-refractivity contribution in [3.63, 3.8) is 0 Å². The summed E-state index contributed by atoms with van der Waals surface area (Å²) in [5, 5.41) is 24.9. The number of nitrogens with zero attached hydrogens (tertiary/aromatic N) is 4. The molecule has 2 aromatic carbocycles. The summed E-state index contributed by atoms with van der Waals surface area (Å²) < 4.78 is 42.6. The van der Waals surface area contributed by atoms with E-state index in [0.717, 1.165) is 44.9 Å². The highest BCUT2D eigenvalue weighted by Crippen LogP contribution is 2.22. The molecule has 220 valence electrons. The first-order chi connectivity index (χ1) is 19.3. The predicted octanol–water partition coefficient (Wildman–Crippen LogP) is 1.31. The largest absolute Gasteiger partial charge is 0.390 e. The van der Waals surface area contributed by atoms with Crippen LogP contribution in [-0.2, 0) is 27.8 Å². The van der Waals surface area contributed by atoms with Gasteiger partial charge in [0.05, 0.1) is 22.0 Å². The van der Waals surface area contributed by atoms with Gasteiger partial charge in [0.2, 0.25) is 15.9 Å². The summed E-state index contributed by atoms with van der Waals surface area (Å²) in [6, 6.07) is 12.2. The third-order valence-corrected chi connectivity index (χ3v) is 7.89. The third-order valence-electron chi connectivity index (χ3n) is 6.04. The molecule has 3 aromatic rings. The van der Waals surface area contributed by atoms with E-state index in [4.69, 9.17) is 5.73 Å². The number of halogens is 1. The fourth-order valence-corrected chi connectivity index (χ4v) is 5.67. The monoisotopic (exact) mass is 590 g/mol. The van der Waals surface area contributed by atoms with Gasteiger partial charge in [0, 0.05) is 31.4 Å². The molecule has 0 unspecified atom stereocenters. The van der Waals surface area contributed by atoms with E-state index in [9.17, 15) is 37.6 Å². The maximum atomic E-state index is 13.8. The zero-order valence-corrected chi connectivity index (χ0v) is 23.2. The fraction of sp³-hybridized carbons (Fsp3) is 0.346. The molecule has 0 saturated heterocycles. The summed E-state index contributed by atoms with van der Waals surface area (Å²) >= 11 is 0. The first-order valence-corrected chi connectivity index (χ1v) is 14.0. The number of benzene rings is 2. The Kier molecular flexibility index (Phi) is 10.3. The number of nitrogens with two attached hydrogens (primary N) is 1. The van der Waals surface area contributed by atoms with E-state index < -0.39 is 63.4 Å². The highest BCUT2D eigenvalue weighted by atomic mass is 32.2.